The van der Waals surface area contributed by atoms with Crippen LogP contribution in [0.25, 0.3) is 11.1 Å². The fourth-order valence-electron chi connectivity index (χ4n) is 5.11. The normalized spacial score (nSPS) is 17.7. The van der Waals surface area contributed by atoms with E-state index >= 15 is 0 Å². The van der Waals surface area contributed by atoms with Gasteiger partial charge in [0.25, 0.3) is 0 Å². The molecule has 0 saturated heterocycles. The van der Waals surface area contributed by atoms with Crippen LogP contribution in [0.2, 0.25) is 0 Å². The van der Waals surface area contributed by atoms with Crippen molar-refractivity contribution in [3.63, 3.8) is 0 Å². The minimum atomic E-state index is -0.990. The van der Waals surface area contributed by atoms with Crippen molar-refractivity contribution in [1.29, 1.82) is 0 Å². The summed E-state index contributed by atoms with van der Waals surface area (Å²) in [4.78, 5) is 24.3. The molecule has 4 rings (SSSR count). The molecular weight excluding hydrogens is 390 g/mol. The zero-order valence-electron chi connectivity index (χ0n) is 17.9. The fourth-order valence-corrected chi connectivity index (χ4v) is 5.11. The second-order valence-electron chi connectivity index (χ2n) is 8.81. The van der Waals surface area contributed by atoms with Gasteiger partial charge in [0, 0.05) is 5.92 Å². The molecular formula is C26H31NO4. The summed E-state index contributed by atoms with van der Waals surface area (Å²) < 4.78 is 5.54. The monoisotopic (exact) mass is 421 g/mol. The van der Waals surface area contributed by atoms with E-state index in [4.69, 9.17) is 4.74 Å². The first kappa shape index (κ1) is 21.4. The number of carboxylic acid groups (broad SMARTS) is 1. The number of amides is 1. The van der Waals surface area contributed by atoms with Gasteiger partial charge in [-0.15, -0.1) is 0 Å². The molecule has 0 aliphatic heterocycles. The SMILES string of the molecule is O=C(N[C@H](CC1CCCCCCC1)C(=O)O)OCC1c2ccccc2-c2ccccc21. The van der Waals surface area contributed by atoms with Crippen molar-refractivity contribution in [2.45, 2.75) is 63.3 Å². The number of carbonyl (C=O) groups excluding carboxylic acids is 1. The maximum atomic E-state index is 12.5. The Morgan fingerprint density at radius 3 is 2.03 bits per heavy atom. The van der Waals surface area contributed by atoms with E-state index in [9.17, 15) is 14.7 Å². The van der Waals surface area contributed by atoms with E-state index in [1.807, 2.05) is 24.3 Å². The van der Waals surface area contributed by atoms with Gasteiger partial charge in [-0.05, 0) is 34.6 Å². The zero-order valence-corrected chi connectivity index (χ0v) is 17.9. The molecule has 0 bridgehead atoms. The van der Waals surface area contributed by atoms with Crippen molar-refractivity contribution in [1.82, 2.24) is 5.32 Å². The van der Waals surface area contributed by atoms with Crippen LogP contribution in [0.15, 0.2) is 48.5 Å². The van der Waals surface area contributed by atoms with Crippen molar-refractivity contribution in [2.75, 3.05) is 6.61 Å². The molecule has 0 spiro atoms. The third-order valence-electron chi connectivity index (χ3n) is 6.73. The summed E-state index contributed by atoms with van der Waals surface area (Å²) >= 11 is 0. The topological polar surface area (TPSA) is 75.6 Å². The molecule has 1 fully saturated rings. The summed E-state index contributed by atoms with van der Waals surface area (Å²) in [5.74, 6) is -0.683. The van der Waals surface area contributed by atoms with Crippen LogP contribution in [0.5, 0.6) is 0 Å². The van der Waals surface area contributed by atoms with Crippen LogP contribution < -0.4 is 5.32 Å². The van der Waals surface area contributed by atoms with E-state index in [2.05, 4.69) is 29.6 Å². The van der Waals surface area contributed by atoms with Gasteiger partial charge in [0.05, 0.1) is 0 Å². The highest BCUT2D eigenvalue weighted by Crippen LogP contribution is 2.44. The number of fused-ring (bicyclic) bond motifs is 3. The Labute approximate surface area is 183 Å². The molecule has 1 saturated carbocycles. The number of aliphatic carboxylic acids is 1. The van der Waals surface area contributed by atoms with Gasteiger partial charge in [-0.25, -0.2) is 9.59 Å². The molecule has 1 amide bonds. The Hall–Kier alpha value is -2.82. The minimum absolute atomic E-state index is 0.0352. The van der Waals surface area contributed by atoms with Gasteiger partial charge in [0.15, 0.2) is 0 Å². The highest BCUT2D eigenvalue weighted by atomic mass is 16.5. The third-order valence-corrected chi connectivity index (χ3v) is 6.73. The van der Waals surface area contributed by atoms with Crippen molar-refractivity contribution in [3.05, 3.63) is 59.7 Å². The van der Waals surface area contributed by atoms with E-state index in [-0.39, 0.29) is 12.5 Å². The number of hydrogen-bond acceptors (Lipinski definition) is 3. The summed E-state index contributed by atoms with van der Waals surface area (Å²) in [5.41, 5.74) is 4.61. The first-order valence-electron chi connectivity index (χ1n) is 11.5. The van der Waals surface area contributed by atoms with Gasteiger partial charge in [-0.2, -0.15) is 0 Å². The predicted molar refractivity (Wildman–Crippen MR) is 120 cm³/mol. The highest BCUT2D eigenvalue weighted by Gasteiger charge is 2.30. The standard InChI is InChI=1S/C26H31NO4/c28-25(29)24(16-18-10-4-2-1-3-5-11-18)27-26(30)31-17-23-21-14-8-6-12-19(21)20-13-7-9-15-22(20)23/h6-9,12-15,18,23-24H,1-5,10-11,16-17H2,(H,27,30)(H,28,29)/t24-/m1/s1. The molecule has 2 aromatic rings. The Balaban J connectivity index is 1.37. The summed E-state index contributed by atoms with van der Waals surface area (Å²) in [7, 11) is 0. The molecule has 0 radical (unpaired) electrons. The molecule has 5 heteroatoms. The molecule has 0 heterocycles. The smallest absolute Gasteiger partial charge is 0.407 e. The van der Waals surface area contributed by atoms with Gasteiger partial charge < -0.3 is 15.2 Å². The van der Waals surface area contributed by atoms with Crippen molar-refractivity contribution in [2.24, 2.45) is 5.92 Å². The van der Waals surface area contributed by atoms with Gasteiger partial charge in [0.2, 0.25) is 0 Å². The Kier molecular flexibility index (Phi) is 6.90. The van der Waals surface area contributed by atoms with Gasteiger partial charge in [-0.3, -0.25) is 0 Å². The quantitative estimate of drug-likeness (QED) is 0.625. The summed E-state index contributed by atoms with van der Waals surface area (Å²) in [6.45, 7) is 0.190. The molecule has 2 N–H and O–H groups in total. The van der Waals surface area contributed by atoms with Crippen LogP contribution in [0.3, 0.4) is 0 Å². The Morgan fingerprint density at radius 1 is 0.903 bits per heavy atom. The molecule has 0 aromatic heterocycles. The molecule has 2 aromatic carbocycles. The lowest BCUT2D eigenvalue weighted by Crippen LogP contribution is -2.42. The van der Waals surface area contributed by atoms with Gasteiger partial charge in [0.1, 0.15) is 12.6 Å². The second kappa shape index (κ2) is 9.99. The maximum absolute atomic E-state index is 12.5. The average molecular weight is 422 g/mol. The average Bonchev–Trinajstić information content (AvgIpc) is 3.07. The van der Waals surface area contributed by atoms with E-state index in [1.165, 1.54) is 30.4 Å². The van der Waals surface area contributed by atoms with Crippen LogP contribution >= 0.6 is 0 Å². The fraction of sp³-hybridized carbons (Fsp3) is 0.462. The predicted octanol–water partition coefficient (Wildman–Crippen LogP) is 5.73. The lowest BCUT2D eigenvalue weighted by Gasteiger charge is -2.23. The number of hydrogen-bond donors (Lipinski definition) is 2. The number of ether oxygens (including phenoxy) is 1. The number of nitrogens with one attached hydrogen (secondary N) is 1. The largest absolute Gasteiger partial charge is 0.480 e. The number of carboxylic acids is 1. The van der Waals surface area contributed by atoms with E-state index < -0.39 is 18.1 Å². The van der Waals surface area contributed by atoms with Gasteiger partial charge in [-0.1, -0.05) is 93.5 Å². The number of benzene rings is 2. The maximum Gasteiger partial charge on any atom is 0.407 e. The van der Waals surface area contributed by atoms with Crippen LogP contribution in [-0.4, -0.2) is 29.8 Å². The number of carbonyl (C=O) groups is 2. The summed E-state index contributed by atoms with van der Waals surface area (Å²) in [5, 5.41) is 12.3. The molecule has 31 heavy (non-hydrogen) atoms. The Bertz CT molecular complexity index is 872. The highest BCUT2D eigenvalue weighted by molar-refractivity contribution is 5.81. The van der Waals surface area contributed by atoms with Crippen LogP contribution in [0.4, 0.5) is 4.79 Å². The van der Waals surface area contributed by atoms with Crippen LogP contribution in [0, 0.1) is 5.92 Å². The minimum Gasteiger partial charge on any atom is -0.480 e. The molecule has 1 atom stereocenters. The Morgan fingerprint density at radius 2 is 1.45 bits per heavy atom. The molecule has 164 valence electrons. The number of rotatable bonds is 6. The van der Waals surface area contributed by atoms with E-state index in [0.29, 0.717) is 12.3 Å². The van der Waals surface area contributed by atoms with Crippen molar-refractivity contribution < 1.29 is 19.4 Å². The summed E-state index contributed by atoms with van der Waals surface area (Å²) in [6.07, 6.45) is 7.88. The molecule has 2 aliphatic carbocycles. The lowest BCUT2D eigenvalue weighted by molar-refractivity contribution is -0.139. The second-order valence-corrected chi connectivity index (χ2v) is 8.81. The van der Waals surface area contributed by atoms with Crippen LogP contribution in [-0.2, 0) is 9.53 Å². The molecule has 2 aliphatic rings. The zero-order chi connectivity index (χ0) is 21.6. The van der Waals surface area contributed by atoms with Crippen molar-refractivity contribution in [3.8, 4) is 11.1 Å². The summed E-state index contributed by atoms with van der Waals surface area (Å²) in [6, 6.07) is 15.4. The molecule has 0 unspecified atom stereocenters. The molecule has 5 nitrogen and oxygen atoms in total. The lowest BCUT2D eigenvalue weighted by atomic mass is 9.86. The van der Waals surface area contributed by atoms with E-state index in [0.717, 1.165) is 36.8 Å². The first-order valence-corrected chi connectivity index (χ1v) is 11.5. The van der Waals surface area contributed by atoms with Crippen LogP contribution in [0.1, 0.15) is 68.4 Å². The van der Waals surface area contributed by atoms with E-state index in [1.54, 1.807) is 0 Å². The third kappa shape index (κ3) is 5.09. The number of alkyl carbamates (subject to hydrolysis) is 1. The van der Waals surface area contributed by atoms with Crippen molar-refractivity contribution >= 4 is 12.1 Å². The van der Waals surface area contributed by atoms with Gasteiger partial charge >= 0.3 is 12.1 Å². The first-order chi connectivity index (χ1) is 15.1.